The molecule has 1 heterocycles. The Morgan fingerprint density at radius 1 is 1.33 bits per heavy atom. The quantitative estimate of drug-likeness (QED) is 0.626. The molecule has 0 unspecified atom stereocenters. The summed E-state index contributed by atoms with van der Waals surface area (Å²) in [7, 11) is 0. The Bertz CT molecular complexity index is 569. The van der Waals surface area contributed by atoms with Crippen LogP contribution >= 0.6 is 11.6 Å². The summed E-state index contributed by atoms with van der Waals surface area (Å²) in [5, 5.41) is 0.395. The third kappa shape index (κ3) is 2.68. The van der Waals surface area contributed by atoms with Crippen LogP contribution < -0.4 is 0 Å². The molecule has 0 saturated heterocycles. The number of nitrogens with zero attached hydrogens (tertiary/aromatic N) is 1. The molecule has 0 bridgehead atoms. The molecule has 0 spiro atoms. The predicted octanol–water partition coefficient (Wildman–Crippen LogP) is 3.58. The first kappa shape index (κ1) is 12.6. The Hall–Kier alpha value is -1.87. The van der Waals surface area contributed by atoms with E-state index in [0.29, 0.717) is 17.3 Å². The van der Waals surface area contributed by atoms with Gasteiger partial charge in [-0.3, -0.25) is 0 Å². The zero-order valence-electron chi connectivity index (χ0n) is 9.89. The molecule has 18 heavy (non-hydrogen) atoms. The Kier molecular flexibility index (Phi) is 3.95. The van der Waals surface area contributed by atoms with Crippen molar-refractivity contribution in [2.75, 3.05) is 6.61 Å². The van der Waals surface area contributed by atoms with Gasteiger partial charge in [0.2, 0.25) is 0 Å². The lowest BCUT2D eigenvalue weighted by molar-refractivity contribution is 0.0527. The lowest BCUT2D eigenvalue weighted by Crippen LogP contribution is -2.06. The minimum absolute atomic E-state index is 0.332. The molecule has 2 aromatic rings. The van der Waals surface area contributed by atoms with E-state index in [4.69, 9.17) is 16.3 Å². The van der Waals surface area contributed by atoms with Gasteiger partial charge in [-0.15, -0.1) is 0 Å². The van der Waals surface area contributed by atoms with Crippen molar-refractivity contribution in [3.8, 4) is 11.1 Å². The molecule has 0 radical (unpaired) electrons. The molecular formula is C14H12ClNO2. The second-order valence-electron chi connectivity index (χ2n) is 3.63. The highest BCUT2D eigenvalue weighted by Crippen LogP contribution is 2.25. The van der Waals surface area contributed by atoms with Crippen molar-refractivity contribution >= 4 is 17.6 Å². The standard InChI is InChI=1S/C14H12ClNO2/c1-2-18-14(17)12-6-4-3-5-11(12)10-7-8-16-13(15)9-10/h3-9H,2H2,1H3. The average molecular weight is 262 g/mol. The third-order valence-electron chi connectivity index (χ3n) is 2.46. The van der Waals surface area contributed by atoms with Gasteiger partial charge in [-0.05, 0) is 36.2 Å². The van der Waals surface area contributed by atoms with Crippen LogP contribution in [0, 0.1) is 0 Å². The molecule has 0 saturated carbocycles. The highest BCUT2D eigenvalue weighted by molar-refractivity contribution is 6.29. The Balaban J connectivity index is 2.48. The zero-order valence-corrected chi connectivity index (χ0v) is 10.6. The number of carbonyl (C=O) groups is 1. The van der Waals surface area contributed by atoms with Gasteiger partial charge in [-0.25, -0.2) is 9.78 Å². The molecule has 92 valence electrons. The van der Waals surface area contributed by atoms with Crippen molar-refractivity contribution in [2.45, 2.75) is 6.92 Å². The number of pyridine rings is 1. The number of carbonyl (C=O) groups excluding carboxylic acids is 1. The van der Waals surface area contributed by atoms with Gasteiger partial charge in [0.25, 0.3) is 0 Å². The zero-order chi connectivity index (χ0) is 13.0. The molecule has 2 rings (SSSR count). The van der Waals surface area contributed by atoms with Crippen LogP contribution in [0.2, 0.25) is 5.15 Å². The molecule has 0 amide bonds. The van der Waals surface area contributed by atoms with Gasteiger partial charge in [0.1, 0.15) is 5.15 Å². The molecule has 0 N–H and O–H groups in total. The first-order valence-electron chi connectivity index (χ1n) is 5.60. The molecule has 4 heteroatoms. The van der Waals surface area contributed by atoms with Crippen LogP contribution in [-0.4, -0.2) is 17.6 Å². The normalized spacial score (nSPS) is 10.1. The van der Waals surface area contributed by atoms with Crippen LogP contribution in [0.25, 0.3) is 11.1 Å². The minimum atomic E-state index is -0.332. The van der Waals surface area contributed by atoms with E-state index in [9.17, 15) is 4.79 Å². The smallest absolute Gasteiger partial charge is 0.338 e. The van der Waals surface area contributed by atoms with Crippen molar-refractivity contribution < 1.29 is 9.53 Å². The van der Waals surface area contributed by atoms with E-state index in [1.165, 1.54) is 0 Å². The SMILES string of the molecule is CCOC(=O)c1ccccc1-c1ccnc(Cl)c1. The van der Waals surface area contributed by atoms with E-state index in [0.717, 1.165) is 11.1 Å². The van der Waals surface area contributed by atoms with Crippen molar-refractivity contribution in [3.05, 3.63) is 53.3 Å². The molecule has 1 aromatic carbocycles. The summed E-state index contributed by atoms with van der Waals surface area (Å²) in [5.74, 6) is -0.332. The van der Waals surface area contributed by atoms with E-state index in [1.54, 1.807) is 31.3 Å². The summed E-state index contributed by atoms with van der Waals surface area (Å²) in [6, 6.07) is 10.8. The lowest BCUT2D eigenvalue weighted by Gasteiger charge is -2.08. The van der Waals surface area contributed by atoms with Gasteiger partial charge >= 0.3 is 5.97 Å². The van der Waals surface area contributed by atoms with Gasteiger partial charge in [-0.1, -0.05) is 29.8 Å². The minimum Gasteiger partial charge on any atom is -0.462 e. The second kappa shape index (κ2) is 5.65. The molecule has 0 atom stereocenters. The Labute approximate surface area is 110 Å². The van der Waals surface area contributed by atoms with Gasteiger partial charge in [0.15, 0.2) is 0 Å². The van der Waals surface area contributed by atoms with Crippen molar-refractivity contribution in [1.29, 1.82) is 0 Å². The largest absolute Gasteiger partial charge is 0.462 e. The summed E-state index contributed by atoms with van der Waals surface area (Å²) in [4.78, 5) is 15.8. The molecule has 0 aliphatic carbocycles. The van der Waals surface area contributed by atoms with Gasteiger partial charge < -0.3 is 4.74 Å². The van der Waals surface area contributed by atoms with E-state index < -0.39 is 0 Å². The van der Waals surface area contributed by atoms with E-state index in [-0.39, 0.29) is 5.97 Å². The molecule has 0 fully saturated rings. The molecule has 0 aliphatic rings. The Morgan fingerprint density at radius 3 is 2.83 bits per heavy atom. The molecule has 3 nitrogen and oxygen atoms in total. The number of rotatable bonds is 3. The monoisotopic (exact) mass is 261 g/mol. The summed E-state index contributed by atoms with van der Waals surface area (Å²) in [6.45, 7) is 2.13. The van der Waals surface area contributed by atoms with Gasteiger partial charge in [0, 0.05) is 6.20 Å². The predicted molar refractivity (Wildman–Crippen MR) is 70.6 cm³/mol. The van der Waals surface area contributed by atoms with Crippen LogP contribution in [0.15, 0.2) is 42.6 Å². The fourth-order valence-corrected chi connectivity index (χ4v) is 1.87. The summed E-state index contributed by atoms with van der Waals surface area (Å²) >= 11 is 5.86. The highest BCUT2D eigenvalue weighted by atomic mass is 35.5. The third-order valence-corrected chi connectivity index (χ3v) is 2.67. The summed E-state index contributed by atoms with van der Waals surface area (Å²) < 4.78 is 5.03. The molecule has 0 aliphatic heterocycles. The first-order valence-corrected chi connectivity index (χ1v) is 5.98. The number of halogens is 1. The number of hydrogen-bond acceptors (Lipinski definition) is 3. The number of esters is 1. The first-order chi connectivity index (χ1) is 8.72. The van der Waals surface area contributed by atoms with Gasteiger partial charge in [0.05, 0.1) is 12.2 Å². The maximum Gasteiger partial charge on any atom is 0.338 e. The topological polar surface area (TPSA) is 39.2 Å². The second-order valence-corrected chi connectivity index (χ2v) is 4.02. The van der Waals surface area contributed by atoms with Gasteiger partial charge in [-0.2, -0.15) is 0 Å². The highest BCUT2D eigenvalue weighted by Gasteiger charge is 2.13. The fourth-order valence-electron chi connectivity index (χ4n) is 1.69. The van der Waals surface area contributed by atoms with E-state index >= 15 is 0 Å². The van der Waals surface area contributed by atoms with Crippen LogP contribution in [0.1, 0.15) is 17.3 Å². The maximum absolute atomic E-state index is 11.9. The van der Waals surface area contributed by atoms with Crippen LogP contribution in [-0.2, 0) is 4.74 Å². The van der Waals surface area contributed by atoms with E-state index in [2.05, 4.69) is 4.98 Å². The Morgan fingerprint density at radius 2 is 2.11 bits per heavy atom. The lowest BCUT2D eigenvalue weighted by atomic mass is 10.0. The van der Waals surface area contributed by atoms with Crippen molar-refractivity contribution in [3.63, 3.8) is 0 Å². The summed E-state index contributed by atoms with van der Waals surface area (Å²) in [5.41, 5.74) is 2.17. The van der Waals surface area contributed by atoms with Crippen molar-refractivity contribution in [1.82, 2.24) is 4.98 Å². The fraction of sp³-hybridized carbons (Fsp3) is 0.143. The number of benzene rings is 1. The number of hydrogen-bond donors (Lipinski definition) is 0. The van der Waals surface area contributed by atoms with Crippen LogP contribution in [0.3, 0.4) is 0 Å². The maximum atomic E-state index is 11.9. The van der Waals surface area contributed by atoms with Crippen molar-refractivity contribution in [2.24, 2.45) is 0 Å². The average Bonchev–Trinajstić information content (AvgIpc) is 2.39. The summed E-state index contributed by atoms with van der Waals surface area (Å²) in [6.07, 6.45) is 1.61. The van der Waals surface area contributed by atoms with Crippen LogP contribution in [0.4, 0.5) is 0 Å². The number of aromatic nitrogens is 1. The molecular weight excluding hydrogens is 250 g/mol. The van der Waals surface area contributed by atoms with Crippen LogP contribution in [0.5, 0.6) is 0 Å². The molecule has 1 aromatic heterocycles. The number of ether oxygens (including phenoxy) is 1. The van der Waals surface area contributed by atoms with E-state index in [1.807, 2.05) is 18.2 Å².